The molecule has 0 saturated carbocycles. The maximum atomic E-state index is 10.4. The van der Waals surface area contributed by atoms with Gasteiger partial charge in [-0.25, -0.2) is 0 Å². The lowest BCUT2D eigenvalue weighted by molar-refractivity contribution is 0.0336. The van der Waals surface area contributed by atoms with Gasteiger partial charge in [-0.15, -0.1) is 0 Å². The van der Waals surface area contributed by atoms with Crippen LogP contribution in [0.5, 0.6) is 11.5 Å². The van der Waals surface area contributed by atoms with Crippen molar-refractivity contribution in [3.63, 3.8) is 0 Å². The van der Waals surface area contributed by atoms with Crippen LogP contribution < -0.4 is 14.8 Å². The molecule has 0 aliphatic carbocycles. The van der Waals surface area contributed by atoms with Gasteiger partial charge in [-0.3, -0.25) is 0 Å². The van der Waals surface area contributed by atoms with Gasteiger partial charge in [-0.2, -0.15) is 0 Å². The molecule has 1 atom stereocenters. The molecule has 0 bridgehead atoms. The van der Waals surface area contributed by atoms with Gasteiger partial charge in [-0.1, -0.05) is 30.3 Å². The predicted octanol–water partition coefficient (Wildman–Crippen LogP) is 2.18. The van der Waals surface area contributed by atoms with E-state index in [1.165, 1.54) is 5.56 Å². The highest BCUT2D eigenvalue weighted by Gasteiger charge is 2.19. The van der Waals surface area contributed by atoms with Crippen molar-refractivity contribution in [2.75, 3.05) is 33.4 Å². The van der Waals surface area contributed by atoms with Gasteiger partial charge >= 0.3 is 0 Å². The van der Waals surface area contributed by atoms with E-state index in [-0.39, 0.29) is 12.7 Å². The lowest BCUT2D eigenvalue weighted by atomic mass is 10.1. The summed E-state index contributed by atoms with van der Waals surface area (Å²) in [5.74, 6) is 1.53. The summed E-state index contributed by atoms with van der Waals surface area (Å²) in [5.41, 5.74) is 2.22. The molecule has 0 unspecified atom stereocenters. The molecule has 1 heterocycles. The number of ether oxygens (including phenoxy) is 2. The van der Waals surface area contributed by atoms with Crippen molar-refractivity contribution in [1.82, 2.24) is 10.2 Å². The normalized spacial score (nSPS) is 16.5. The lowest BCUT2D eigenvalue weighted by Crippen LogP contribution is -2.41. The van der Waals surface area contributed by atoms with E-state index in [0.29, 0.717) is 13.1 Å². The van der Waals surface area contributed by atoms with Crippen molar-refractivity contribution >= 4 is 0 Å². The Labute approximate surface area is 173 Å². The van der Waals surface area contributed by atoms with E-state index in [0.717, 1.165) is 49.5 Å². The number of hydrogen-bond donors (Lipinski definition) is 3. The number of aliphatic hydroxyl groups is 2. The number of β-amino-alcohol motifs (C(OH)–C–C–N with tert-alkyl or cyclic N) is 1. The molecule has 0 amide bonds. The third kappa shape index (κ3) is 7.01. The average Bonchev–Trinajstić information content (AvgIpc) is 2.75. The largest absolute Gasteiger partial charge is 0.497 e. The van der Waals surface area contributed by atoms with Crippen molar-refractivity contribution in [3.8, 4) is 11.5 Å². The second-order valence-electron chi connectivity index (χ2n) is 7.56. The van der Waals surface area contributed by atoms with E-state index in [1.54, 1.807) is 7.11 Å². The van der Waals surface area contributed by atoms with Crippen molar-refractivity contribution < 1.29 is 19.7 Å². The SMILES string of the molecule is COc1ccc(OC[C@H](O)CN2CCC(O)CC2)c(CNCc2ccccc2)c1. The van der Waals surface area contributed by atoms with Gasteiger partial charge in [0.2, 0.25) is 0 Å². The van der Waals surface area contributed by atoms with E-state index in [2.05, 4.69) is 22.3 Å². The molecule has 29 heavy (non-hydrogen) atoms. The summed E-state index contributed by atoms with van der Waals surface area (Å²) in [6, 6.07) is 16.0. The Kier molecular flexibility index (Phi) is 8.31. The predicted molar refractivity (Wildman–Crippen MR) is 113 cm³/mol. The molecule has 6 heteroatoms. The van der Waals surface area contributed by atoms with Crippen molar-refractivity contribution in [3.05, 3.63) is 59.7 Å². The van der Waals surface area contributed by atoms with E-state index in [9.17, 15) is 10.2 Å². The zero-order valence-corrected chi connectivity index (χ0v) is 17.1. The third-order valence-corrected chi connectivity index (χ3v) is 5.21. The molecule has 3 rings (SSSR count). The molecular formula is C23H32N2O4. The molecule has 0 spiro atoms. The number of benzene rings is 2. The molecule has 6 nitrogen and oxygen atoms in total. The maximum absolute atomic E-state index is 10.4. The van der Waals surface area contributed by atoms with Crippen LogP contribution in [-0.4, -0.2) is 60.7 Å². The molecule has 0 radical (unpaired) electrons. The lowest BCUT2D eigenvalue weighted by Gasteiger charge is -2.31. The van der Waals surface area contributed by atoms with Crippen LogP contribution in [0.1, 0.15) is 24.0 Å². The van der Waals surface area contributed by atoms with Gasteiger partial charge < -0.3 is 29.9 Å². The number of nitrogens with zero attached hydrogens (tertiary/aromatic N) is 1. The molecule has 2 aromatic rings. The first-order valence-corrected chi connectivity index (χ1v) is 10.3. The Balaban J connectivity index is 1.52. The van der Waals surface area contributed by atoms with E-state index in [1.807, 2.05) is 36.4 Å². The van der Waals surface area contributed by atoms with Gasteiger partial charge in [0.25, 0.3) is 0 Å². The fourth-order valence-corrected chi connectivity index (χ4v) is 3.54. The number of piperidine rings is 1. The first kappa shape index (κ1) is 21.6. The number of rotatable bonds is 10. The summed E-state index contributed by atoms with van der Waals surface area (Å²) < 4.78 is 11.3. The standard InChI is InChI=1S/C23H32N2O4/c1-28-22-7-8-23(19(13-22)15-24-14-18-5-3-2-4-6-18)29-17-21(27)16-25-11-9-20(26)10-12-25/h2-8,13,20-21,24,26-27H,9-12,14-17H2,1H3/t21-/m1/s1. The summed E-state index contributed by atoms with van der Waals surface area (Å²) in [5, 5.41) is 23.4. The van der Waals surface area contributed by atoms with E-state index in [4.69, 9.17) is 9.47 Å². The summed E-state index contributed by atoms with van der Waals surface area (Å²) in [7, 11) is 1.65. The van der Waals surface area contributed by atoms with Gasteiger partial charge in [0.1, 0.15) is 24.2 Å². The van der Waals surface area contributed by atoms with Crippen molar-refractivity contribution in [2.45, 2.75) is 38.1 Å². The Hall–Kier alpha value is -2.12. The quantitative estimate of drug-likeness (QED) is 0.568. The van der Waals surface area contributed by atoms with Crippen LogP contribution in [-0.2, 0) is 13.1 Å². The first-order valence-electron chi connectivity index (χ1n) is 10.3. The van der Waals surface area contributed by atoms with Crippen molar-refractivity contribution in [1.29, 1.82) is 0 Å². The molecule has 0 aromatic heterocycles. The van der Waals surface area contributed by atoms with Crippen LogP contribution in [0, 0.1) is 0 Å². The topological polar surface area (TPSA) is 74.2 Å². The summed E-state index contributed by atoms with van der Waals surface area (Å²) in [4.78, 5) is 2.18. The highest BCUT2D eigenvalue weighted by molar-refractivity contribution is 5.40. The highest BCUT2D eigenvalue weighted by atomic mass is 16.5. The third-order valence-electron chi connectivity index (χ3n) is 5.21. The number of likely N-dealkylation sites (tertiary alicyclic amines) is 1. The Morgan fingerprint density at radius 1 is 1.10 bits per heavy atom. The molecule has 3 N–H and O–H groups in total. The Morgan fingerprint density at radius 2 is 1.86 bits per heavy atom. The van der Waals surface area contributed by atoms with Crippen LogP contribution >= 0.6 is 0 Å². The highest BCUT2D eigenvalue weighted by Crippen LogP contribution is 2.24. The summed E-state index contributed by atoms with van der Waals surface area (Å²) >= 11 is 0. The van der Waals surface area contributed by atoms with Crippen LogP contribution in [0.3, 0.4) is 0 Å². The zero-order valence-electron chi connectivity index (χ0n) is 17.1. The minimum atomic E-state index is -0.572. The second kappa shape index (κ2) is 11.2. The molecule has 158 valence electrons. The van der Waals surface area contributed by atoms with Gasteiger partial charge in [0, 0.05) is 38.3 Å². The number of aliphatic hydroxyl groups excluding tert-OH is 2. The van der Waals surface area contributed by atoms with Crippen LogP contribution in [0.15, 0.2) is 48.5 Å². The van der Waals surface area contributed by atoms with Crippen molar-refractivity contribution in [2.24, 2.45) is 0 Å². The van der Waals surface area contributed by atoms with Gasteiger partial charge in [0.15, 0.2) is 0 Å². The van der Waals surface area contributed by atoms with E-state index >= 15 is 0 Å². The molecule has 1 aliphatic heterocycles. The monoisotopic (exact) mass is 400 g/mol. The van der Waals surface area contributed by atoms with E-state index < -0.39 is 6.10 Å². The number of methoxy groups -OCH3 is 1. The first-order chi connectivity index (χ1) is 14.1. The van der Waals surface area contributed by atoms with Crippen LogP contribution in [0.2, 0.25) is 0 Å². The fraction of sp³-hybridized carbons (Fsp3) is 0.478. The average molecular weight is 401 g/mol. The zero-order chi connectivity index (χ0) is 20.5. The molecular weight excluding hydrogens is 368 g/mol. The summed E-state index contributed by atoms with van der Waals surface area (Å²) in [6.07, 6.45) is 0.759. The second-order valence-corrected chi connectivity index (χ2v) is 7.56. The Morgan fingerprint density at radius 3 is 2.59 bits per heavy atom. The minimum Gasteiger partial charge on any atom is -0.497 e. The Bertz CT molecular complexity index is 733. The molecule has 1 fully saturated rings. The summed E-state index contributed by atoms with van der Waals surface area (Å²) in [6.45, 7) is 3.83. The van der Waals surface area contributed by atoms with Crippen LogP contribution in [0.25, 0.3) is 0 Å². The van der Waals surface area contributed by atoms with Gasteiger partial charge in [0.05, 0.1) is 13.2 Å². The molecule has 1 saturated heterocycles. The molecule has 2 aromatic carbocycles. The maximum Gasteiger partial charge on any atom is 0.124 e. The number of nitrogens with one attached hydrogen (secondary N) is 1. The number of hydrogen-bond acceptors (Lipinski definition) is 6. The molecule has 1 aliphatic rings. The van der Waals surface area contributed by atoms with Crippen LogP contribution in [0.4, 0.5) is 0 Å². The van der Waals surface area contributed by atoms with Gasteiger partial charge in [-0.05, 0) is 36.6 Å². The fourth-order valence-electron chi connectivity index (χ4n) is 3.54. The smallest absolute Gasteiger partial charge is 0.124 e. The minimum absolute atomic E-state index is 0.204.